The van der Waals surface area contributed by atoms with Crippen molar-refractivity contribution in [2.24, 2.45) is 48.0 Å². The maximum absolute atomic E-state index is 13.3. The third kappa shape index (κ3) is 2.81. The van der Waals surface area contributed by atoms with Gasteiger partial charge in [0, 0.05) is 19.2 Å². The SMILES string of the molecule is Cn1cc(C(=O)[C@H]2CC[C@H]3[C@@H]4CC[C@H]5C[C@](C)(O)CC[C@@H]5[C@H]4CC[C@]23C)cn1. The number of ketones is 1. The summed E-state index contributed by atoms with van der Waals surface area (Å²) in [5, 5.41) is 14.8. The average Bonchev–Trinajstić information content (AvgIpc) is 3.23. The number of carbonyl (C=O) groups excluding carboxylic acids is 1. The first-order valence-corrected chi connectivity index (χ1v) is 11.5. The first-order chi connectivity index (χ1) is 13.3. The molecule has 0 unspecified atom stereocenters. The highest BCUT2D eigenvalue weighted by atomic mass is 16.3. The van der Waals surface area contributed by atoms with Gasteiger partial charge in [-0.3, -0.25) is 9.48 Å². The van der Waals surface area contributed by atoms with Crippen LogP contribution >= 0.6 is 0 Å². The van der Waals surface area contributed by atoms with E-state index in [1.807, 2.05) is 20.2 Å². The number of aliphatic hydroxyl groups is 1. The molecule has 1 heterocycles. The summed E-state index contributed by atoms with van der Waals surface area (Å²) < 4.78 is 1.75. The first kappa shape index (κ1) is 18.8. The Hall–Kier alpha value is -1.16. The van der Waals surface area contributed by atoms with Crippen LogP contribution in [0.3, 0.4) is 0 Å². The van der Waals surface area contributed by atoms with Gasteiger partial charge in [-0.15, -0.1) is 0 Å². The van der Waals surface area contributed by atoms with Crippen LogP contribution < -0.4 is 0 Å². The highest BCUT2D eigenvalue weighted by Crippen LogP contribution is 2.64. The Balaban J connectivity index is 1.36. The van der Waals surface area contributed by atoms with E-state index in [9.17, 15) is 9.90 Å². The van der Waals surface area contributed by atoms with Crippen molar-refractivity contribution in [1.29, 1.82) is 0 Å². The number of aromatic nitrogens is 2. The van der Waals surface area contributed by atoms with Gasteiger partial charge >= 0.3 is 0 Å². The fraction of sp³-hybridized carbons (Fsp3) is 0.833. The second-order valence-electron chi connectivity index (χ2n) is 11.1. The number of aryl methyl sites for hydroxylation is 1. The Morgan fingerprint density at radius 3 is 2.61 bits per heavy atom. The van der Waals surface area contributed by atoms with Gasteiger partial charge in [0.05, 0.1) is 17.4 Å². The molecule has 0 aromatic carbocycles. The van der Waals surface area contributed by atoms with Crippen LogP contribution in [0.15, 0.2) is 12.4 Å². The summed E-state index contributed by atoms with van der Waals surface area (Å²) in [4.78, 5) is 13.3. The predicted octanol–water partition coefficient (Wildman–Crippen LogP) is 4.62. The van der Waals surface area contributed by atoms with Crippen LogP contribution in [0.5, 0.6) is 0 Å². The largest absolute Gasteiger partial charge is 0.390 e. The zero-order valence-electron chi connectivity index (χ0n) is 17.7. The molecular formula is C24H36N2O2. The van der Waals surface area contributed by atoms with E-state index in [4.69, 9.17) is 0 Å². The lowest BCUT2D eigenvalue weighted by atomic mass is 9.49. The fourth-order valence-corrected chi connectivity index (χ4v) is 8.26. The molecule has 0 saturated heterocycles. The third-order valence-corrected chi connectivity index (χ3v) is 9.54. The van der Waals surface area contributed by atoms with Gasteiger partial charge in [-0.2, -0.15) is 5.10 Å². The number of hydrogen-bond donors (Lipinski definition) is 1. The van der Waals surface area contributed by atoms with Gasteiger partial charge in [-0.05, 0) is 99.7 Å². The van der Waals surface area contributed by atoms with Gasteiger partial charge in [0.1, 0.15) is 0 Å². The Kier molecular flexibility index (Phi) is 4.32. The van der Waals surface area contributed by atoms with Crippen molar-refractivity contribution in [3.63, 3.8) is 0 Å². The molecule has 4 aliphatic carbocycles. The van der Waals surface area contributed by atoms with E-state index >= 15 is 0 Å². The lowest BCUT2D eigenvalue weighted by Crippen LogP contribution is -2.51. The monoisotopic (exact) mass is 384 g/mol. The molecule has 0 spiro atoms. The summed E-state index contributed by atoms with van der Waals surface area (Å²) in [5.74, 6) is 4.39. The Morgan fingerprint density at radius 2 is 1.86 bits per heavy atom. The Labute approximate surface area is 169 Å². The highest BCUT2D eigenvalue weighted by Gasteiger charge is 2.58. The maximum Gasteiger partial charge on any atom is 0.169 e. The minimum atomic E-state index is -0.439. The summed E-state index contributed by atoms with van der Waals surface area (Å²) in [7, 11) is 1.89. The Morgan fingerprint density at radius 1 is 1.07 bits per heavy atom. The molecule has 4 nitrogen and oxygen atoms in total. The molecule has 4 aliphatic rings. The van der Waals surface area contributed by atoms with Gasteiger partial charge in [0.2, 0.25) is 0 Å². The predicted molar refractivity (Wildman–Crippen MR) is 109 cm³/mol. The number of nitrogens with zero attached hydrogens (tertiary/aromatic N) is 2. The summed E-state index contributed by atoms with van der Waals surface area (Å²) >= 11 is 0. The minimum Gasteiger partial charge on any atom is -0.390 e. The van der Waals surface area contributed by atoms with Crippen molar-refractivity contribution in [2.45, 2.75) is 77.2 Å². The topological polar surface area (TPSA) is 55.1 Å². The van der Waals surface area contributed by atoms with Crippen LogP contribution in [-0.4, -0.2) is 26.3 Å². The van der Waals surface area contributed by atoms with Crippen molar-refractivity contribution >= 4 is 5.78 Å². The zero-order chi connectivity index (χ0) is 19.7. The summed E-state index contributed by atoms with van der Waals surface area (Å²) in [6.45, 7) is 4.47. The van der Waals surface area contributed by atoms with E-state index in [-0.39, 0.29) is 11.3 Å². The van der Waals surface area contributed by atoms with E-state index in [0.29, 0.717) is 11.7 Å². The molecule has 0 amide bonds. The van der Waals surface area contributed by atoms with Crippen molar-refractivity contribution < 1.29 is 9.90 Å². The zero-order valence-corrected chi connectivity index (χ0v) is 17.7. The normalized spacial score (nSPS) is 47.9. The molecule has 5 rings (SSSR count). The molecule has 0 bridgehead atoms. The van der Waals surface area contributed by atoms with Crippen molar-refractivity contribution in [3.8, 4) is 0 Å². The van der Waals surface area contributed by atoms with E-state index in [2.05, 4.69) is 12.0 Å². The highest BCUT2D eigenvalue weighted by molar-refractivity contribution is 5.98. The summed E-state index contributed by atoms with van der Waals surface area (Å²) in [6, 6.07) is 0. The fourth-order valence-electron chi connectivity index (χ4n) is 8.26. The molecule has 4 fully saturated rings. The Bertz CT molecular complexity index is 768. The van der Waals surface area contributed by atoms with Crippen molar-refractivity contribution in [1.82, 2.24) is 9.78 Å². The van der Waals surface area contributed by atoms with E-state index in [1.54, 1.807) is 10.9 Å². The molecule has 4 saturated carbocycles. The van der Waals surface area contributed by atoms with Crippen LogP contribution in [0.4, 0.5) is 0 Å². The number of hydrogen-bond acceptors (Lipinski definition) is 3. The van der Waals surface area contributed by atoms with Gasteiger partial charge in [0.15, 0.2) is 5.78 Å². The standard InChI is InChI=1S/C24H36N2O2/c1-23(28)10-8-17-15(12-23)4-5-19-18(17)9-11-24(2)20(19)6-7-21(24)22(27)16-13-25-26(3)14-16/h13-15,17-21,28H,4-12H2,1-3H3/t15-,17-,18+,19+,20-,21+,23+,24-/m0/s1. The van der Waals surface area contributed by atoms with Crippen molar-refractivity contribution in [3.05, 3.63) is 18.0 Å². The molecule has 1 N–H and O–H groups in total. The number of rotatable bonds is 2. The van der Waals surface area contributed by atoms with Gasteiger partial charge in [-0.25, -0.2) is 0 Å². The van der Waals surface area contributed by atoms with Gasteiger partial charge < -0.3 is 5.11 Å². The van der Waals surface area contributed by atoms with Gasteiger partial charge in [-0.1, -0.05) is 6.92 Å². The quantitative estimate of drug-likeness (QED) is 0.757. The van der Waals surface area contributed by atoms with Crippen LogP contribution in [-0.2, 0) is 7.05 Å². The van der Waals surface area contributed by atoms with E-state index in [0.717, 1.165) is 48.5 Å². The molecule has 0 aliphatic heterocycles. The van der Waals surface area contributed by atoms with Gasteiger partial charge in [0.25, 0.3) is 0 Å². The summed E-state index contributed by atoms with van der Waals surface area (Å²) in [5.41, 5.74) is 0.530. The van der Waals surface area contributed by atoms with Crippen LogP contribution in [0, 0.1) is 40.9 Å². The average molecular weight is 385 g/mol. The molecule has 1 aromatic rings. The smallest absolute Gasteiger partial charge is 0.169 e. The molecule has 0 radical (unpaired) electrons. The van der Waals surface area contributed by atoms with E-state index < -0.39 is 5.60 Å². The lowest BCUT2D eigenvalue weighted by Gasteiger charge is -2.56. The van der Waals surface area contributed by atoms with Crippen molar-refractivity contribution in [2.75, 3.05) is 0 Å². The summed E-state index contributed by atoms with van der Waals surface area (Å²) in [6.07, 6.45) is 14.2. The van der Waals surface area contributed by atoms with Crippen LogP contribution in [0.2, 0.25) is 0 Å². The van der Waals surface area contributed by atoms with Crippen LogP contribution in [0.1, 0.15) is 82.0 Å². The number of Topliss-reactive ketones (excluding diaryl/α,β-unsaturated/α-hetero) is 1. The molecule has 154 valence electrons. The molecule has 8 atom stereocenters. The molecule has 1 aromatic heterocycles. The second kappa shape index (κ2) is 6.42. The minimum absolute atomic E-state index is 0.168. The molecule has 28 heavy (non-hydrogen) atoms. The second-order valence-corrected chi connectivity index (χ2v) is 11.1. The molecule has 4 heteroatoms. The lowest BCUT2D eigenvalue weighted by molar-refractivity contribution is -0.0976. The maximum atomic E-state index is 13.3. The number of fused-ring (bicyclic) bond motifs is 5. The molecular weight excluding hydrogens is 348 g/mol. The van der Waals surface area contributed by atoms with Crippen LogP contribution in [0.25, 0.3) is 0 Å². The number of carbonyl (C=O) groups is 1. The third-order valence-electron chi connectivity index (χ3n) is 9.54. The van der Waals surface area contributed by atoms with E-state index in [1.165, 1.54) is 38.5 Å². The first-order valence-electron chi connectivity index (χ1n) is 11.5.